The molecule has 0 unspecified atom stereocenters. The number of carbonyl (C=O) groups is 2. The van der Waals surface area contributed by atoms with E-state index in [0.29, 0.717) is 15.2 Å². The molecular weight excluding hydrogens is 439 g/mol. The molecule has 7 heteroatoms. The molecule has 0 radical (unpaired) electrons. The van der Waals surface area contributed by atoms with Gasteiger partial charge in [0.2, 0.25) is 0 Å². The summed E-state index contributed by atoms with van der Waals surface area (Å²) in [5, 5.41) is 2.64. The molecule has 0 bridgehead atoms. The fourth-order valence-electron chi connectivity index (χ4n) is 2.38. The lowest BCUT2D eigenvalue weighted by Gasteiger charge is -2.30. The van der Waals surface area contributed by atoms with Crippen molar-refractivity contribution < 1.29 is 14.0 Å². The van der Waals surface area contributed by atoms with Gasteiger partial charge in [0.25, 0.3) is 11.8 Å². The Morgan fingerprint density at radius 1 is 1.21 bits per heavy atom. The van der Waals surface area contributed by atoms with E-state index in [2.05, 4.69) is 5.32 Å². The predicted molar refractivity (Wildman–Crippen MR) is 104 cm³/mol. The van der Waals surface area contributed by atoms with E-state index in [1.165, 1.54) is 11.0 Å². The normalized spacial score (nSPS) is 16.7. The molecule has 0 atom stereocenters. The molecule has 1 saturated heterocycles. The number of aryl methyl sites for hydroxylation is 2. The van der Waals surface area contributed by atoms with Crippen molar-refractivity contribution >= 4 is 63.5 Å². The molecule has 1 fully saturated rings. The molecule has 1 aromatic heterocycles. The fraction of sp³-hybridized carbons (Fsp3) is 0.118. The number of benzene rings is 1. The Morgan fingerprint density at radius 3 is 2.62 bits per heavy atom. The van der Waals surface area contributed by atoms with E-state index >= 15 is 0 Å². The van der Waals surface area contributed by atoms with Crippen LogP contribution in [0.4, 0.5) is 5.69 Å². The van der Waals surface area contributed by atoms with E-state index in [0.717, 1.165) is 11.1 Å². The molecule has 122 valence electrons. The minimum Gasteiger partial charge on any atom is -0.451 e. The molecule has 5 nitrogen and oxygen atoms in total. The number of carbonyl (C=O) groups excluding carboxylic acids is 2. The predicted octanol–water partition coefficient (Wildman–Crippen LogP) is 3.33. The van der Waals surface area contributed by atoms with Gasteiger partial charge in [0.1, 0.15) is 11.3 Å². The molecule has 1 aliphatic heterocycles. The Morgan fingerprint density at radius 2 is 1.96 bits per heavy atom. The summed E-state index contributed by atoms with van der Waals surface area (Å²) in [6, 6.07) is 9.19. The van der Waals surface area contributed by atoms with Crippen molar-refractivity contribution in [2.24, 2.45) is 0 Å². The van der Waals surface area contributed by atoms with Gasteiger partial charge in [-0.05, 0) is 84.1 Å². The number of rotatable bonds is 2. The van der Waals surface area contributed by atoms with Gasteiger partial charge in [0.15, 0.2) is 8.88 Å². The molecular formula is C17H13IN2O3S. The van der Waals surface area contributed by atoms with Gasteiger partial charge >= 0.3 is 0 Å². The number of nitrogens with one attached hydrogen (secondary N) is 1. The highest BCUT2D eigenvalue weighted by Crippen LogP contribution is 2.26. The Labute approximate surface area is 157 Å². The van der Waals surface area contributed by atoms with Crippen LogP contribution in [-0.4, -0.2) is 16.9 Å². The number of thiocarbonyl (C=S) groups is 1. The van der Waals surface area contributed by atoms with Crippen LogP contribution in [0.3, 0.4) is 0 Å². The lowest BCUT2D eigenvalue weighted by atomic mass is 10.1. The van der Waals surface area contributed by atoms with Gasteiger partial charge in [-0.3, -0.25) is 19.8 Å². The Kier molecular flexibility index (Phi) is 4.55. The Hall–Kier alpha value is -2.00. The molecule has 0 spiro atoms. The molecule has 24 heavy (non-hydrogen) atoms. The van der Waals surface area contributed by atoms with Gasteiger partial charge in [-0.1, -0.05) is 12.1 Å². The minimum absolute atomic E-state index is 0.0183. The fourth-order valence-corrected chi connectivity index (χ4v) is 3.09. The van der Waals surface area contributed by atoms with Gasteiger partial charge in [0, 0.05) is 0 Å². The van der Waals surface area contributed by atoms with Crippen molar-refractivity contribution in [1.82, 2.24) is 5.32 Å². The molecule has 2 heterocycles. The highest BCUT2D eigenvalue weighted by molar-refractivity contribution is 14.1. The summed E-state index contributed by atoms with van der Waals surface area (Å²) in [5.74, 6) is -0.562. The van der Waals surface area contributed by atoms with E-state index in [4.69, 9.17) is 16.6 Å². The molecule has 2 aromatic rings. The van der Waals surface area contributed by atoms with Gasteiger partial charge in [0.05, 0.1) is 5.69 Å². The van der Waals surface area contributed by atoms with Crippen molar-refractivity contribution in [3.05, 3.63) is 56.6 Å². The number of amides is 2. The summed E-state index contributed by atoms with van der Waals surface area (Å²) in [7, 11) is 0. The number of nitrogens with zero attached hydrogens (tertiary/aromatic N) is 1. The minimum atomic E-state index is -0.530. The maximum atomic E-state index is 12.9. The van der Waals surface area contributed by atoms with E-state index in [1.807, 2.05) is 54.6 Å². The first-order chi connectivity index (χ1) is 11.4. The average Bonchev–Trinajstić information content (AvgIpc) is 2.92. The second-order valence-corrected chi connectivity index (χ2v) is 6.84. The second-order valence-electron chi connectivity index (χ2n) is 5.39. The number of hydrogen-bond acceptors (Lipinski definition) is 4. The van der Waals surface area contributed by atoms with Gasteiger partial charge in [-0.25, -0.2) is 0 Å². The standard InChI is InChI=1S/C17H13IN2O3S/c1-9-3-4-10(2)13(7-9)20-16(22)12(15(21)19-17(20)24)8-11-5-6-14(18)23-11/h3-8H,1-2H3,(H,19,21,24)/b12-8+. The zero-order valence-electron chi connectivity index (χ0n) is 12.9. The van der Waals surface area contributed by atoms with Crippen LogP contribution in [-0.2, 0) is 9.59 Å². The molecule has 0 aliphatic carbocycles. The summed E-state index contributed by atoms with van der Waals surface area (Å²) in [5.41, 5.74) is 2.52. The second kappa shape index (κ2) is 6.48. The van der Waals surface area contributed by atoms with Gasteiger partial charge < -0.3 is 4.42 Å². The van der Waals surface area contributed by atoms with Crippen LogP contribution in [0.1, 0.15) is 16.9 Å². The SMILES string of the molecule is Cc1ccc(C)c(N2C(=O)/C(=C/c3ccc(I)o3)C(=O)NC2=S)c1. The largest absolute Gasteiger partial charge is 0.451 e. The number of furan rings is 1. The monoisotopic (exact) mass is 452 g/mol. The van der Waals surface area contributed by atoms with E-state index in [9.17, 15) is 9.59 Å². The molecule has 1 aliphatic rings. The first-order valence-corrected chi connectivity index (χ1v) is 8.59. The van der Waals surface area contributed by atoms with E-state index < -0.39 is 11.8 Å². The first kappa shape index (κ1) is 16.8. The molecule has 0 saturated carbocycles. The zero-order chi connectivity index (χ0) is 17.4. The lowest BCUT2D eigenvalue weighted by Crippen LogP contribution is -2.54. The van der Waals surface area contributed by atoms with Crippen LogP contribution >= 0.6 is 34.8 Å². The summed E-state index contributed by atoms with van der Waals surface area (Å²) >= 11 is 7.23. The highest BCUT2D eigenvalue weighted by Gasteiger charge is 2.35. The molecule has 2 amide bonds. The highest BCUT2D eigenvalue weighted by atomic mass is 127. The van der Waals surface area contributed by atoms with Crippen LogP contribution in [0.5, 0.6) is 0 Å². The maximum Gasteiger partial charge on any atom is 0.270 e. The van der Waals surface area contributed by atoms with Crippen molar-refractivity contribution in [3.8, 4) is 0 Å². The van der Waals surface area contributed by atoms with Crippen LogP contribution < -0.4 is 10.2 Å². The Balaban J connectivity index is 2.06. The summed E-state index contributed by atoms with van der Waals surface area (Å²) in [4.78, 5) is 26.4. The van der Waals surface area contributed by atoms with Crippen molar-refractivity contribution in [2.45, 2.75) is 13.8 Å². The van der Waals surface area contributed by atoms with Crippen LogP contribution in [0.2, 0.25) is 0 Å². The van der Waals surface area contributed by atoms with Crippen molar-refractivity contribution in [2.75, 3.05) is 4.90 Å². The van der Waals surface area contributed by atoms with E-state index in [-0.39, 0.29) is 10.7 Å². The summed E-state index contributed by atoms with van der Waals surface area (Å²) in [6.07, 6.45) is 1.43. The average molecular weight is 452 g/mol. The lowest BCUT2D eigenvalue weighted by molar-refractivity contribution is -0.122. The third-order valence-electron chi connectivity index (χ3n) is 3.59. The van der Waals surface area contributed by atoms with Gasteiger partial charge in [-0.15, -0.1) is 0 Å². The third-order valence-corrected chi connectivity index (χ3v) is 4.45. The first-order valence-electron chi connectivity index (χ1n) is 7.11. The zero-order valence-corrected chi connectivity index (χ0v) is 15.9. The van der Waals surface area contributed by atoms with Gasteiger partial charge in [-0.2, -0.15) is 0 Å². The van der Waals surface area contributed by atoms with Crippen LogP contribution in [0, 0.1) is 17.6 Å². The third kappa shape index (κ3) is 3.13. The molecule has 3 rings (SSSR count). The maximum absolute atomic E-state index is 12.9. The number of hydrogen-bond donors (Lipinski definition) is 1. The molecule has 1 N–H and O–H groups in total. The molecule has 1 aromatic carbocycles. The van der Waals surface area contributed by atoms with Crippen molar-refractivity contribution in [3.63, 3.8) is 0 Å². The summed E-state index contributed by atoms with van der Waals surface area (Å²) < 4.78 is 6.09. The quantitative estimate of drug-likeness (QED) is 0.329. The van der Waals surface area contributed by atoms with E-state index in [1.54, 1.807) is 12.1 Å². The topological polar surface area (TPSA) is 62.6 Å². The van der Waals surface area contributed by atoms with Crippen LogP contribution in [0.15, 0.2) is 40.3 Å². The van der Waals surface area contributed by atoms with Crippen LogP contribution in [0.25, 0.3) is 6.08 Å². The van der Waals surface area contributed by atoms with Crippen molar-refractivity contribution in [1.29, 1.82) is 0 Å². The number of halogens is 1. The number of anilines is 1. The Bertz CT molecular complexity index is 901. The summed E-state index contributed by atoms with van der Waals surface area (Å²) in [6.45, 7) is 3.82. The smallest absolute Gasteiger partial charge is 0.270 e.